The number of carbonyl (C=O) groups is 1. The number of rotatable bonds is 5. The van der Waals surface area contributed by atoms with E-state index in [1.807, 2.05) is 6.92 Å². The van der Waals surface area contributed by atoms with Crippen LogP contribution >= 0.6 is 0 Å². The van der Waals surface area contributed by atoms with Crippen molar-refractivity contribution in [3.63, 3.8) is 0 Å². The summed E-state index contributed by atoms with van der Waals surface area (Å²) in [5, 5.41) is 14.3. The largest absolute Gasteiger partial charge is 0.409 e. The van der Waals surface area contributed by atoms with E-state index >= 15 is 0 Å². The zero-order valence-electron chi connectivity index (χ0n) is 10.4. The van der Waals surface area contributed by atoms with Crippen molar-refractivity contribution in [1.82, 2.24) is 0 Å². The maximum Gasteiger partial charge on any atom is 0.226 e. The van der Waals surface area contributed by atoms with E-state index < -0.39 is 0 Å². The number of nitrogens with two attached hydrogens (primary N) is 1. The molecule has 98 valence electrons. The first-order valence-corrected chi connectivity index (χ1v) is 5.45. The van der Waals surface area contributed by atoms with E-state index in [0.29, 0.717) is 17.9 Å². The molecule has 0 saturated heterocycles. The normalized spacial score (nSPS) is 11.3. The zero-order chi connectivity index (χ0) is 13.5. The third-order valence-electron chi connectivity index (χ3n) is 2.45. The summed E-state index contributed by atoms with van der Waals surface area (Å²) in [4.78, 5) is 11.6. The predicted molar refractivity (Wildman–Crippen MR) is 68.8 cm³/mol. The molecule has 0 aliphatic carbocycles. The highest BCUT2D eigenvalue weighted by molar-refractivity contribution is 5.99. The van der Waals surface area contributed by atoms with Gasteiger partial charge in [-0.25, -0.2) is 0 Å². The number of hydrogen-bond acceptors (Lipinski definition) is 4. The van der Waals surface area contributed by atoms with E-state index in [1.165, 1.54) is 7.11 Å². The summed E-state index contributed by atoms with van der Waals surface area (Å²) >= 11 is 0. The lowest BCUT2D eigenvalue weighted by Crippen LogP contribution is -2.17. The number of nitrogens with zero attached hydrogens (tertiary/aromatic N) is 1. The Bertz CT molecular complexity index is 458. The molecule has 1 aromatic carbocycles. The van der Waals surface area contributed by atoms with Crippen molar-refractivity contribution in [3.05, 3.63) is 29.3 Å². The molecule has 18 heavy (non-hydrogen) atoms. The minimum atomic E-state index is -0.142. The molecule has 0 saturated carbocycles. The van der Waals surface area contributed by atoms with Crippen molar-refractivity contribution in [3.8, 4) is 0 Å². The summed E-state index contributed by atoms with van der Waals surface area (Å²) in [6.07, 6.45) is 0.281. The van der Waals surface area contributed by atoms with Crippen LogP contribution in [0.2, 0.25) is 0 Å². The number of aryl methyl sites for hydroxylation is 1. The number of amides is 1. The summed E-state index contributed by atoms with van der Waals surface area (Å²) in [5.74, 6) is -0.140. The molecule has 6 nitrogen and oxygen atoms in total. The molecular weight excluding hydrogens is 234 g/mol. The number of oxime groups is 1. The summed E-state index contributed by atoms with van der Waals surface area (Å²) in [7, 11) is 1.54. The average Bonchev–Trinajstić information content (AvgIpc) is 2.38. The number of hydrogen-bond donors (Lipinski definition) is 3. The van der Waals surface area contributed by atoms with E-state index in [2.05, 4.69) is 10.5 Å². The number of methoxy groups -OCH3 is 1. The second kappa shape index (κ2) is 6.61. The minimum Gasteiger partial charge on any atom is -0.409 e. The molecule has 0 atom stereocenters. The summed E-state index contributed by atoms with van der Waals surface area (Å²) in [6, 6.07) is 5.17. The van der Waals surface area contributed by atoms with Crippen LogP contribution in [-0.4, -0.2) is 30.7 Å². The van der Waals surface area contributed by atoms with E-state index in [9.17, 15) is 4.79 Å². The number of ether oxygens (including phenoxy) is 1. The maximum absolute atomic E-state index is 11.6. The number of anilines is 1. The van der Waals surface area contributed by atoms with E-state index in [1.54, 1.807) is 18.2 Å². The SMILES string of the molecule is COCCC(=O)Nc1cc(/C(N)=N/O)ccc1C. The second-order valence-electron chi connectivity index (χ2n) is 3.81. The van der Waals surface area contributed by atoms with Crippen LogP contribution in [0.1, 0.15) is 17.5 Å². The van der Waals surface area contributed by atoms with Crippen molar-refractivity contribution in [2.75, 3.05) is 19.0 Å². The summed E-state index contributed by atoms with van der Waals surface area (Å²) in [6.45, 7) is 2.23. The molecule has 0 heterocycles. The molecule has 6 heteroatoms. The lowest BCUT2D eigenvalue weighted by Gasteiger charge is -2.10. The molecular formula is C12H17N3O3. The quantitative estimate of drug-likeness (QED) is 0.315. The molecule has 0 unspecified atom stereocenters. The molecule has 0 bridgehead atoms. The topological polar surface area (TPSA) is 96.9 Å². The zero-order valence-corrected chi connectivity index (χ0v) is 10.4. The first-order valence-electron chi connectivity index (χ1n) is 5.45. The summed E-state index contributed by atoms with van der Waals surface area (Å²) in [5.41, 5.74) is 7.58. The van der Waals surface area contributed by atoms with Crippen LogP contribution in [0.4, 0.5) is 5.69 Å². The Balaban J connectivity index is 2.84. The lowest BCUT2D eigenvalue weighted by atomic mass is 10.1. The lowest BCUT2D eigenvalue weighted by molar-refractivity contribution is -0.117. The minimum absolute atomic E-state index is 0.00221. The van der Waals surface area contributed by atoms with Crippen molar-refractivity contribution in [2.24, 2.45) is 10.9 Å². The standard InChI is InChI=1S/C12H17N3O3/c1-8-3-4-9(12(13)15-17)7-10(8)14-11(16)5-6-18-2/h3-4,7,17H,5-6H2,1-2H3,(H2,13,15)(H,14,16). The predicted octanol–water partition coefficient (Wildman–Crippen LogP) is 1.06. The van der Waals surface area contributed by atoms with Gasteiger partial charge >= 0.3 is 0 Å². The van der Waals surface area contributed by atoms with Crippen LogP contribution in [0.25, 0.3) is 0 Å². The van der Waals surface area contributed by atoms with Gasteiger partial charge in [-0.1, -0.05) is 17.3 Å². The van der Waals surface area contributed by atoms with Crippen LogP contribution in [0.3, 0.4) is 0 Å². The molecule has 1 amide bonds. The van der Waals surface area contributed by atoms with Crippen molar-refractivity contribution in [2.45, 2.75) is 13.3 Å². The van der Waals surface area contributed by atoms with Crippen molar-refractivity contribution in [1.29, 1.82) is 0 Å². The monoisotopic (exact) mass is 251 g/mol. The Kier molecular flexibility index (Phi) is 5.13. The Labute approximate surface area is 105 Å². The van der Waals surface area contributed by atoms with E-state index in [0.717, 1.165) is 5.56 Å². The van der Waals surface area contributed by atoms with Crippen LogP contribution in [0, 0.1) is 6.92 Å². The van der Waals surface area contributed by atoms with Gasteiger partial charge in [-0.3, -0.25) is 4.79 Å². The summed E-state index contributed by atoms with van der Waals surface area (Å²) < 4.78 is 4.83. The Morgan fingerprint density at radius 3 is 2.89 bits per heavy atom. The van der Waals surface area contributed by atoms with Crippen molar-refractivity contribution >= 4 is 17.4 Å². The average molecular weight is 251 g/mol. The molecule has 0 aliphatic rings. The third kappa shape index (κ3) is 3.74. The molecule has 1 rings (SSSR count). The molecule has 0 aliphatic heterocycles. The molecule has 0 radical (unpaired) electrons. The van der Waals surface area contributed by atoms with Gasteiger partial charge in [0.1, 0.15) is 0 Å². The van der Waals surface area contributed by atoms with Gasteiger partial charge in [0.15, 0.2) is 5.84 Å². The third-order valence-corrected chi connectivity index (χ3v) is 2.45. The van der Waals surface area contributed by atoms with Gasteiger partial charge in [0.2, 0.25) is 5.91 Å². The van der Waals surface area contributed by atoms with Crippen molar-refractivity contribution < 1.29 is 14.7 Å². The van der Waals surface area contributed by atoms with Crippen LogP contribution in [-0.2, 0) is 9.53 Å². The Morgan fingerprint density at radius 2 is 2.28 bits per heavy atom. The maximum atomic E-state index is 11.6. The molecule has 0 spiro atoms. The first kappa shape index (κ1) is 14.0. The van der Waals surface area contributed by atoms with E-state index in [-0.39, 0.29) is 18.2 Å². The Hall–Kier alpha value is -2.08. The van der Waals surface area contributed by atoms with Crippen LogP contribution in [0.5, 0.6) is 0 Å². The molecule has 0 fully saturated rings. The number of benzene rings is 1. The smallest absolute Gasteiger partial charge is 0.226 e. The number of nitrogens with one attached hydrogen (secondary N) is 1. The van der Waals surface area contributed by atoms with Gasteiger partial charge < -0.3 is 21.0 Å². The van der Waals surface area contributed by atoms with Gasteiger partial charge in [-0.2, -0.15) is 0 Å². The fourth-order valence-corrected chi connectivity index (χ4v) is 1.38. The Morgan fingerprint density at radius 1 is 1.56 bits per heavy atom. The fourth-order valence-electron chi connectivity index (χ4n) is 1.38. The highest BCUT2D eigenvalue weighted by Gasteiger charge is 2.07. The van der Waals surface area contributed by atoms with Gasteiger partial charge in [-0.05, 0) is 18.6 Å². The molecule has 4 N–H and O–H groups in total. The van der Waals surface area contributed by atoms with Crippen LogP contribution < -0.4 is 11.1 Å². The first-order chi connectivity index (χ1) is 8.58. The van der Waals surface area contributed by atoms with Crippen LogP contribution in [0.15, 0.2) is 23.4 Å². The van der Waals surface area contributed by atoms with Gasteiger partial charge in [0.25, 0.3) is 0 Å². The van der Waals surface area contributed by atoms with E-state index in [4.69, 9.17) is 15.7 Å². The molecule has 0 aromatic heterocycles. The highest BCUT2D eigenvalue weighted by Crippen LogP contribution is 2.17. The number of carbonyl (C=O) groups excluding carboxylic acids is 1. The molecule has 1 aromatic rings. The van der Waals surface area contributed by atoms with Gasteiger partial charge in [-0.15, -0.1) is 0 Å². The fraction of sp³-hybridized carbons (Fsp3) is 0.333. The van der Waals surface area contributed by atoms with Gasteiger partial charge in [0.05, 0.1) is 13.0 Å². The second-order valence-corrected chi connectivity index (χ2v) is 3.81. The van der Waals surface area contributed by atoms with Gasteiger partial charge in [0, 0.05) is 18.4 Å². The number of amidine groups is 1. The highest BCUT2D eigenvalue weighted by atomic mass is 16.5.